The van der Waals surface area contributed by atoms with Gasteiger partial charge in [-0.2, -0.15) is 0 Å². The molecule has 0 radical (unpaired) electrons. The maximum atomic E-state index is 13.0. The molecular formula is C7H10ClF2NO. The van der Waals surface area contributed by atoms with E-state index >= 15 is 0 Å². The first-order valence-corrected chi connectivity index (χ1v) is 4.11. The lowest BCUT2D eigenvalue weighted by Crippen LogP contribution is -2.41. The molecule has 0 aromatic heterocycles. The van der Waals surface area contributed by atoms with E-state index in [1.807, 2.05) is 0 Å². The molecule has 5 heteroatoms. The van der Waals surface area contributed by atoms with E-state index in [4.69, 9.17) is 16.3 Å². The second-order valence-corrected chi connectivity index (χ2v) is 2.70. The van der Waals surface area contributed by atoms with Crippen LogP contribution in [0.2, 0.25) is 0 Å². The van der Waals surface area contributed by atoms with Gasteiger partial charge in [-0.1, -0.05) is 11.6 Å². The van der Waals surface area contributed by atoms with Crippen LogP contribution < -0.4 is 0 Å². The topological polar surface area (TPSA) is 12.5 Å². The van der Waals surface area contributed by atoms with Gasteiger partial charge in [0, 0.05) is 18.6 Å². The summed E-state index contributed by atoms with van der Waals surface area (Å²) in [5.74, 6) is -0.946. The van der Waals surface area contributed by atoms with E-state index in [0.29, 0.717) is 31.8 Å². The summed E-state index contributed by atoms with van der Waals surface area (Å²) in [6, 6.07) is 0. The van der Waals surface area contributed by atoms with Gasteiger partial charge in [-0.3, -0.25) is 4.90 Å². The van der Waals surface area contributed by atoms with E-state index in [0.717, 1.165) is 0 Å². The third-order valence-electron chi connectivity index (χ3n) is 1.70. The number of rotatable bonds is 2. The molecule has 12 heavy (non-hydrogen) atoms. The van der Waals surface area contributed by atoms with Crippen LogP contribution in [0.4, 0.5) is 8.78 Å². The summed E-state index contributed by atoms with van der Waals surface area (Å²) in [6.07, 6.45) is -1.72. The molecular weight excluding hydrogens is 188 g/mol. The van der Waals surface area contributed by atoms with Crippen LogP contribution in [0, 0.1) is 0 Å². The summed E-state index contributed by atoms with van der Waals surface area (Å²) in [7, 11) is 0. The largest absolute Gasteiger partial charge is 0.379 e. The summed E-state index contributed by atoms with van der Waals surface area (Å²) in [5.41, 5.74) is 0.625. The van der Waals surface area contributed by atoms with Crippen LogP contribution in [-0.4, -0.2) is 37.5 Å². The third kappa shape index (κ3) is 2.40. The lowest BCUT2D eigenvalue weighted by atomic mass is 10.4. The molecule has 0 spiro atoms. The fraction of sp³-hybridized carbons (Fsp3) is 0.714. The second kappa shape index (κ2) is 4.74. The third-order valence-corrected chi connectivity index (χ3v) is 1.91. The Labute approximate surface area is 74.7 Å². The Morgan fingerprint density at radius 2 is 2.08 bits per heavy atom. The summed E-state index contributed by atoms with van der Waals surface area (Å²) in [5, 5.41) is 0. The normalized spacial score (nSPS) is 24.1. The molecule has 0 aromatic carbocycles. The number of nitrogens with zero attached hydrogens (tertiary/aromatic N) is 1. The Morgan fingerprint density at radius 1 is 1.50 bits per heavy atom. The average molecular weight is 198 g/mol. The number of hydrogen-bond acceptors (Lipinski definition) is 2. The zero-order valence-corrected chi connectivity index (χ0v) is 7.23. The van der Waals surface area contributed by atoms with Crippen molar-refractivity contribution in [2.24, 2.45) is 0 Å². The molecule has 0 amide bonds. The van der Waals surface area contributed by atoms with Crippen LogP contribution in [0.3, 0.4) is 0 Å². The van der Waals surface area contributed by atoms with Crippen molar-refractivity contribution in [2.75, 3.05) is 26.3 Å². The lowest BCUT2D eigenvalue weighted by Gasteiger charge is -2.28. The summed E-state index contributed by atoms with van der Waals surface area (Å²) in [6.45, 7) is 1.69. The van der Waals surface area contributed by atoms with Gasteiger partial charge in [-0.15, -0.1) is 0 Å². The van der Waals surface area contributed by atoms with Crippen molar-refractivity contribution >= 4 is 11.6 Å². The smallest absolute Gasteiger partial charge is 0.206 e. The highest BCUT2D eigenvalue weighted by atomic mass is 35.5. The zero-order valence-electron chi connectivity index (χ0n) is 6.47. The molecule has 0 aliphatic carbocycles. The van der Waals surface area contributed by atoms with Gasteiger partial charge >= 0.3 is 0 Å². The minimum atomic E-state index is -1.72. The quantitative estimate of drug-likeness (QED) is 0.625. The molecule has 1 rings (SSSR count). The van der Waals surface area contributed by atoms with Gasteiger partial charge in [0.15, 0.2) is 5.83 Å². The molecule has 70 valence electrons. The zero-order chi connectivity index (χ0) is 8.97. The van der Waals surface area contributed by atoms with Crippen molar-refractivity contribution in [1.29, 1.82) is 0 Å². The maximum absolute atomic E-state index is 13.0. The van der Waals surface area contributed by atoms with E-state index in [-0.39, 0.29) is 0 Å². The van der Waals surface area contributed by atoms with E-state index in [9.17, 15) is 8.78 Å². The molecule has 1 unspecified atom stereocenters. The van der Waals surface area contributed by atoms with Gasteiger partial charge in [-0.05, 0) is 0 Å². The van der Waals surface area contributed by atoms with Crippen LogP contribution >= 0.6 is 11.6 Å². The highest BCUT2D eigenvalue weighted by molar-refractivity contribution is 6.25. The van der Waals surface area contributed by atoms with Gasteiger partial charge in [-0.25, -0.2) is 8.78 Å². The van der Waals surface area contributed by atoms with Crippen molar-refractivity contribution < 1.29 is 13.5 Å². The molecule has 1 fully saturated rings. The van der Waals surface area contributed by atoms with Gasteiger partial charge < -0.3 is 4.74 Å². The van der Waals surface area contributed by atoms with Gasteiger partial charge in [0.25, 0.3) is 0 Å². The molecule has 0 aromatic rings. The lowest BCUT2D eigenvalue weighted by molar-refractivity contribution is -0.0140. The molecule has 1 atom stereocenters. The summed E-state index contributed by atoms with van der Waals surface area (Å²) >= 11 is 5.03. The van der Waals surface area contributed by atoms with Gasteiger partial charge in [0.05, 0.1) is 13.2 Å². The molecule has 2 nitrogen and oxygen atoms in total. The first kappa shape index (κ1) is 9.89. The van der Waals surface area contributed by atoms with Crippen LogP contribution in [0.25, 0.3) is 0 Å². The number of hydrogen-bond donors (Lipinski definition) is 0. The molecule has 1 aliphatic rings. The molecule has 1 aliphatic heterocycles. The monoisotopic (exact) mass is 197 g/mol. The Balaban J connectivity index is 2.44. The van der Waals surface area contributed by atoms with Crippen LogP contribution in [0.15, 0.2) is 11.4 Å². The first-order valence-electron chi connectivity index (χ1n) is 3.67. The van der Waals surface area contributed by atoms with Crippen molar-refractivity contribution in [1.82, 2.24) is 4.90 Å². The molecule has 0 saturated carbocycles. The predicted molar refractivity (Wildman–Crippen MR) is 42.3 cm³/mol. The fourth-order valence-corrected chi connectivity index (χ4v) is 1.13. The van der Waals surface area contributed by atoms with Crippen LogP contribution in [0.5, 0.6) is 0 Å². The van der Waals surface area contributed by atoms with Crippen LogP contribution in [0.1, 0.15) is 0 Å². The Bertz CT molecular complexity index is 171. The number of alkyl halides is 1. The minimum absolute atomic E-state index is 0.402. The van der Waals surface area contributed by atoms with E-state index < -0.39 is 12.1 Å². The number of halogens is 3. The predicted octanol–water partition coefficient (Wildman–Crippen LogP) is 1.66. The second-order valence-electron chi connectivity index (χ2n) is 2.48. The summed E-state index contributed by atoms with van der Waals surface area (Å²) < 4.78 is 30.6. The minimum Gasteiger partial charge on any atom is -0.379 e. The Morgan fingerprint density at radius 3 is 2.58 bits per heavy atom. The summed E-state index contributed by atoms with van der Waals surface area (Å²) in [4.78, 5) is 1.34. The van der Waals surface area contributed by atoms with Gasteiger partial charge in [0.2, 0.25) is 6.30 Å². The highest BCUT2D eigenvalue weighted by Gasteiger charge is 2.23. The maximum Gasteiger partial charge on any atom is 0.206 e. The van der Waals surface area contributed by atoms with E-state index in [2.05, 4.69) is 0 Å². The van der Waals surface area contributed by atoms with E-state index in [1.165, 1.54) is 4.90 Å². The molecule has 1 heterocycles. The standard InChI is InChI=1S/C7H10ClF2NO/c8-5-6(9)7(10)11-1-3-12-4-2-11/h5,7H,1-4H2. The number of morpholine rings is 1. The fourth-order valence-electron chi connectivity index (χ4n) is 1.03. The molecule has 1 saturated heterocycles. The van der Waals surface area contributed by atoms with Crippen molar-refractivity contribution in [3.63, 3.8) is 0 Å². The average Bonchev–Trinajstić information content (AvgIpc) is 2.17. The van der Waals surface area contributed by atoms with E-state index in [1.54, 1.807) is 0 Å². The first-order chi connectivity index (χ1) is 5.75. The molecule has 0 bridgehead atoms. The van der Waals surface area contributed by atoms with Crippen molar-refractivity contribution in [2.45, 2.75) is 6.30 Å². The molecule has 0 N–H and O–H groups in total. The SMILES string of the molecule is FC(=CCl)C(F)N1CCOCC1. The highest BCUT2D eigenvalue weighted by Crippen LogP contribution is 2.15. The Hall–Kier alpha value is -0.190. The van der Waals surface area contributed by atoms with Crippen LogP contribution in [-0.2, 0) is 4.74 Å². The van der Waals surface area contributed by atoms with Crippen molar-refractivity contribution in [3.8, 4) is 0 Å². The van der Waals surface area contributed by atoms with Crippen molar-refractivity contribution in [3.05, 3.63) is 11.4 Å². The number of ether oxygens (including phenoxy) is 1. The van der Waals surface area contributed by atoms with Gasteiger partial charge in [0.1, 0.15) is 0 Å². The Kier molecular flexibility index (Phi) is 3.91.